The number of aliphatic hydroxyl groups excluding tert-OH is 1. The Kier molecular flexibility index (Phi) is 9.68. The standard InChI is InChI=1S/C34H38N4O7S/c1-22-19-38(23(2)21-39)33(40)28-12-8-14-30(36-46(42,43)26-17-15-25(44-4)16-18-26)32(28)45-31(22)20-37(3)34(41)35-29-13-7-10-24-9-5-6-11-27(24)29/h5-18,22-23,31,36,39H,19-21H2,1-4H3,(H,35,41)/t22-,23-,31+/m1/s1. The molecule has 0 aromatic heterocycles. The van der Waals surface area contributed by atoms with Crippen LogP contribution < -0.4 is 19.5 Å². The SMILES string of the molecule is COc1ccc(S(=O)(=O)Nc2cccc3c2O[C@@H](CN(C)C(=O)Nc2cccc4ccccc24)[C@H](C)CN([C@H](C)CO)C3=O)cc1. The average Bonchev–Trinajstić information content (AvgIpc) is 3.06. The Bertz CT molecular complexity index is 1830. The van der Waals surface area contributed by atoms with E-state index in [1.807, 2.05) is 49.4 Å². The third kappa shape index (κ3) is 6.87. The zero-order valence-electron chi connectivity index (χ0n) is 26.1. The molecule has 0 saturated heterocycles. The number of anilines is 2. The fourth-order valence-electron chi connectivity index (χ4n) is 5.40. The maximum atomic E-state index is 13.8. The summed E-state index contributed by atoms with van der Waals surface area (Å²) < 4.78 is 41.1. The summed E-state index contributed by atoms with van der Waals surface area (Å²) in [5.74, 6) is -0.181. The summed E-state index contributed by atoms with van der Waals surface area (Å²) in [6.45, 7) is 3.72. The van der Waals surface area contributed by atoms with E-state index in [1.165, 1.54) is 42.3 Å². The van der Waals surface area contributed by atoms with Gasteiger partial charge in [0.05, 0.1) is 48.1 Å². The van der Waals surface area contributed by atoms with Gasteiger partial charge in [0.2, 0.25) is 0 Å². The van der Waals surface area contributed by atoms with Crippen LogP contribution in [0.25, 0.3) is 10.8 Å². The molecule has 5 rings (SSSR count). The van der Waals surface area contributed by atoms with Gasteiger partial charge >= 0.3 is 6.03 Å². The van der Waals surface area contributed by atoms with Crippen molar-refractivity contribution in [3.63, 3.8) is 0 Å². The number of nitrogens with zero attached hydrogens (tertiary/aromatic N) is 2. The van der Waals surface area contributed by atoms with Crippen LogP contribution in [0.4, 0.5) is 16.2 Å². The molecule has 4 aromatic rings. The zero-order valence-corrected chi connectivity index (χ0v) is 27.0. The summed E-state index contributed by atoms with van der Waals surface area (Å²) in [5, 5.41) is 14.9. The minimum atomic E-state index is -4.09. The van der Waals surface area contributed by atoms with Crippen LogP contribution >= 0.6 is 0 Å². The summed E-state index contributed by atoms with van der Waals surface area (Å²) in [6, 6.07) is 23.1. The molecule has 12 heteroatoms. The van der Waals surface area contributed by atoms with E-state index in [0.29, 0.717) is 11.4 Å². The predicted octanol–water partition coefficient (Wildman–Crippen LogP) is 5.03. The van der Waals surface area contributed by atoms with E-state index < -0.39 is 28.1 Å². The number of rotatable bonds is 9. The first-order valence-corrected chi connectivity index (χ1v) is 16.4. The third-order valence-corrected chi connectivity index (χ3v) is 9.52. The number of carbonyl (C=O) groups excluding carboxylic acids is 2. The van der Waals surface area contributed by atoms with Crippen LogP contribution in [0.15, 0.2) is 89.8 Å². The van der Waals surface area contributed by atoms with E-state index in [0.717, 1.165) is 10.8 Å². The quantitative estimate of drug-likeness (QED) is 0.232. The number of aliphatic hydroxyl groups is 1. The van der Waals surface area contributed by atoms with Gasteiger partial charge in [-0.1, -0.05) is 49.4 Å². The van der Waals surface area contributed by atoms with E-state index in [4.69, 9.17) is 9.47 Å². The maximum absolute atomic E-state index is 13.8. The van der Waals surface area contributed by atoms with Crippen LogP contribution in [0.5, 0.6) is 11.5 Å². The van der Waals surface area contributed by atoms with Gasteiger partial charge in [-0.05, 0) is 54.8 Å². The molecule has 0 saturated carbocycles. The Labute approximate surface area is 268 Å². The molecule has 3 amide bonds. The van der Waals surface area contributed by atoms with Crippen LogP contribution in [0, 0.1) is 5.92 Å². The second-order valence-corrected chi connectivity index (χ2v) is 13.1. The summed E-state index contributed by atoms with van der Waals surface area (Å²) in [6.07, 6.45) is -0.657. The molecule has 3 atom stereocenters. The molecule has 11 nitrogen and oxygen atoms in total. The number of methoxy groups -OCH3 is 1. The highest BCUT2D eigenvalue weighted by molar-refractivity contribution is 7.92. The number of hydrogen-bond acceptors (Lipinski definition) is 7. The van der Waals surface area contributed by atoms with Crippen LogP contribution in [0.2, 0.25) is 0 Å². The second-order valence-electron chi connectivity index (χ2n) is 11.4. The van der Waals surface area contributed by atoms with Gasteiger partial charge in [-0.2, -0.15) is 0 Å². The van der Waals surface area contributed by atoms with E-state index >= 15 is 0 Å². The lowest BCUT2D eigenvalue weighted by atomic mass is 9.99. The molecule has 1 heterocycles. The average molecular weight is 647 g/mol. The molecule has 0 bridgehead atoms. The van der Waals surface area contributed by atoms with Crippen molar-refractivity contribution in [1.29, 1.82) is 0 Å². The van der Waals surface area contributed by atoms with E-state index in [2.05, 4.69) is 10.0 Å². The van der Waals surface area contributed by atoms with Crippen molar-refractivity contribution in [1.82, 2.24) is 9.80 Å². The molecule has 1 aliphatic rings. The molecular formula is C34H38N4O7S. The fourth-order valence-corrected chi connectivity index (χ4v) is 6.46. The van der Waals surface area contributed by atoms with Crippen molar-refractivity contribution in [2.45, 2.75) is 30.9 Å². The van der Waals surface area contributed by atoms with Crippen molar-refractivity contribution in [2.75, 3.05) is 43.9 Å². The van der Waals surface area contributed by atoms with Crippen LogP contribution in [0.3, 0.4) is 0 Å². The van der Waals surface area contributed by atoms with Crippen LogP contribution in [-0.4, -0.2) is 81.3 Å². The monoisotopic (exact) mass is 646 g/mol. The Hall–Kier alpha value is -4.81. The largest absolute Gasteiger partial charge is 0.497 e. The number of ether oxygens (including phenoxy) is 2. The molecular weight excluding hydrogens is 608 g/mol. The lowest BCUT2D eigenvalue weighted by Crippen LogP contribution is -2.50. The molecule has 3 N–H and O–H groups in total. The summed E-state index contributed by atoms with van der Waals surface area (Å²) in [7, 11) is -0.956. The van der Waals surface area contributed by atoms with Gasteiger partial charge in [0.25, 0.3) is 15.9 Å². The number of benzene rings is 4. The number of carbonyl (C=O) groups is 2. The number of amides is 3. The van der Waals surface area contributed by atoms with Gasteiger partial charge in [-0.3, -0.25) is 9.52 Å². The first kappa shape index (κ1) is 32.6. The van der Waals surface area contributed by atoms with Crippen molar-refractivity contribution < 1.29 is 32.6 Å². The van der Waals surface area contributed by atoms with Gasteiger partial charge in [-0.15, -0.1) is 0 Å². The first-order valence-electron chi connectivity index (χ1n) is 14.9. The number of urea groups is 1. The van der Waals surface area contributed by atoms with Gasteiger partial charge in [0.15, 0.2) is 5.75 Å². The number of hydrogen-bond donors (Lipinski definition) is 3. The van der Waals surface area contributed by atoms with Crippen molar-refractivity contribution in [3.05, 3.63) is 90.5 Å². The van der Waals surface area contributed by atoms with Gasteiger partial charge < -0.3 is 29.7 Å². The minimum Gasteiger partial charge on any atom is -0.497 e. The van der Waals surface area contributed by atoms with E-state index in [-0.39, 0.29) is 53.5 Å². The summed E-state index contributed by atoms with van der Waals surface area (Å²) in [4.78, 5) is 30.3. The van der Waals surface area contributed by atoms with E-state index in [9.17, 15) is 23.1 Å². The molecule has 0 spiro atoms. The number of para-hydroxylation sites is 1. The summed E-state index contributed by atoms with van der Waals surface area (Å²) >= 11 is 0. The van der Waals surface area contributed by atoms with Crippen molar-refractivity contribution in [3.8, 4) is 11.5 Å². The molecule has 0 fully saturated rings. The Morgan fingerprint density at radius 1 is 1.04 bits per heavy atom. The predicted molar refractivity (Wildman–Crippen MR) is 177 cm³/mol. The Morgan fingerprint density at radius 3 is 2.43 bits per heavy atom. The third-order valence-electron chi connectivity index (χ3n) is 8.14. The zero-order chi connectivity index (χ0) is 33.0. The highest BCUT2D eigenvalue weighted by atomic mass is 32.2. The molecule has 46 heavy (non-hydrogen) atoms. The van der Waals surface area contributed by atoms with Crippen molar-refractivity contribution in [2.24, 2.45) is 5.92 Å². The first-order chi connectivity index (χ1) is 22.0. The normalized spacial score (nSPS) is 17.2. The lowest BCUT2D eigenvalue weighted by Gasteiger charge is -2.38. The van der Waals surface area contributed by atoms with Crippen LogP contribution in [0.1, 0.15) is 24.2 Å². The maximum Gasteiger partial charge on any atom is 0.321 e. The highest BCUT2D eigenvalue weighted by Gasteiger charge is 2.35. The molecule has 0 radical (unpaired) electrons. The number of fused-ring (bicyclic) bond motifs is 2. The van der Waals surface area contributed by atoms with Gasteiger partial charge in [-0.25, -0.2) is 13.2 Å². The molecule has 0 unspecified atom stereocenters. The lowest BCUT2D eigenvalue weighted by molar-refractivity contribution is 0.0373. The minimum absolute atomic E-state index is 0.00615. The smallest absolute Gasteiger partial charge is 0.321 e. The topological polar surface area (TPSA) is 138 Å². The Balaban J connectivity index is 1.46. The Morgan fingerprint density at radius 2 is 1.72 bits per heavy atom. The number of sulfonamides is 1. The second kappa shape index (κ2) is 13.7. The number of likely N-dealkylation sites (N-methyl/N-ethyl adjacent to an activating group) is 1. The highest BCUT2D eigenvalue weighted by Crippen LogP contribution is 2.36. The number of nitrogens with one attached hydrogen (secondary N) is 2. The fraction of sp³-hybridized carbons (Fsp3) is 0.294. The van der Waals surface area contributed by atoms with E-state index in [1.54, 1.807) is 31.0 Å². The van der Waals surface area contributed by atoms with Gasteiger partial charge in [0.1, 0.15) is 11.9 Å². The van der Waals surface area contributed by atoms with Crippen LogP contribution in [-0.2, 0) is 10.0 Å². The summed E-state index contributed by atoms with van der Waals surface area (Å²) in [5.41, 5.74) is 0.867. The molecule has 242 valence electrons. The van der Waals surface area contributed by atoms with Crippen molar-refractivity contribution >= 4 is 44.1 Å². The molecule has 1 aliphatic heterocycles. The van der Waals surface area contributed by atoms with Gasteiger partial charge in [0, 0.05) is 24.9 Å². The molecule has 0 aliphatic carbocycles. The molecule has 4 aromatic carbocycles.